The second-order valence-corrected chi connectivity index (χ2v) is 9.01. The molecule has 0 unspecified atom stereocenters. The Kier molecular flexibility index (Phi) is 8.00. The Morgan fingerprint density at radius 2 is 1.49 bits per heavy atom. The van der Waals surface area contributed by atoms with E-state index in [0.29, 0.717) is 12.3 Å². The molecule has 0 radical (unpaired) electrons. The minimum atomic E-state index is -1.04. The van der Waals surface area contributed by atoms with E-state index in [1.54, 1.807) is 24.3 Å². The number of halogens is 2. The van der Waals surface area contributed by atoms with Crippen molar-refractivity contribution in [3.05, 3.63) is 82.9 Å². The van der Waals surface area contributed by atoms with Gasteiger partial charge in [0.05, 0.1) is 0 Å². The average molecular weight is 510 g/mol. The molecule has 0 saturated heterocycles. The first kappa shape index (κ1) is 26.1. The number of ether oxygens (including phenoxy) is 2. The number of benzene rings is 3. The minimum Gasteiger partial charge on any atom is -0.457 e. The Morgan fingerprint density at radius 1 is 0.892 bits per heavy atom. The van der Waals surface area contributed by atoms with Gasteiger partial charge >= 0.3 is 0 Å². The van der Waals surface area contributed by atoms with Crippen LogP contribution in [0.25, 0.3) is 0 Å². The molecule has 0 aliphatic heterocycles. The second-order valence-electron chi connectivity index (χ2n) is 9.01. The molecule has 194 valence electrons. The Morgan fingerprint density at radius 3 is 2.05 bits per heavy atom. The van der Waals surface area contributed by atoms with Gasteiger partial charge < -0.3 is 32.0 Å². The Labute approximate surface area is 213 Å². The SMILES string of the molecule is N=C(N)c1cc(F)c(Oc2cc(Oc3ccc(CN)cc3)cc(C(=O)NC3CCC(N)CC3)c2)c(F)c1. The zero-order valence-corrected chi connectivity index (χ0v) is 20.1. The van der Waals surface area contributed by atoms with E-state index in [-0.39, 0.29) is 40.6 Å². The van der Waals surface area contributed by atoms with E-state index in [0.717, 1.165) is 43.4 Å². The average Bonchev–Trinajstić information content (AvgIpc) is 2.87. The fraction of sp³-hybridized carbons (Fsp3) is 0.259. The maximum Gasteiger partial charge on any atom is 0.251 e. The fourth-order valence-corrected chi connectivity index (χ4v) is 4.11. The van der Waals surface area contributed by atoms with Crippen molar-refractivity contribution in [2.45, 2.75) is 44.3 Å². The lowest BCUT2D eigenvalue weighted by Crippen LogP contribution is -2.40. The van der Waals surface area contributed by atoms with Crippen molar-refractivity contribution in [1.82, 2.24) is 5.32 Å². The van der Waals surface area contributed by atoms with Crippen LogP contribution in [0, 0.1) is 17.0 Å². The third kappa shape index (κ3) is 6.60. The highest BCUT2D eigenvalue weighted by Gasteiger charge is 2.22. The summed E-state index contributed by atoms with van der Waals surface area (Å²) in [7, 11) is 0. The van der Waals surface area contributed by atoms with Gasteiger partial charge in [-0.3, -0.25) is 10.2 Å². The predicted octanol–water partition coefficient (Wildman–Crippen LogP) is 4.29. The van der Waals surface area contributed by atoms with E-state index in [1.807, 2.05) is 0 Å². The summed E-state index contributed by atoms with van der Waals surface area (Å²) in [6.45, 7) is 0.375. The van der Waals surface area contributed by atoms with Crippen LogP contribution in [0.5, 0.6) is 23.0 Å². The highest BCUT2D eigenvalue weighted by atomic mass is 19.1. The Balaban J connectivity index is 1.64. The summed E-state index contributed by atoms with van der Waals surface area (Å²) in [5, 5.41) is 10.4. The van der Waals surface area contributed by atoms with Crippen LogP contribution in [0.3, 0.4) is 0 Å². The molecule has 0 heterocycles. The number of nitrogen functional groups attached to an aromatic ring is 1. The van der Waals surface area contributed by atoms with Crippen LogP contribution in [-0.2, 0) is 6.54 Å². The molecule has 1 amide bonds. The number of carbonyl (C=O) groups is 1. The second kappa shape index (κ2) is 11.4. The Hall–Kier alpha value is -4.02. The zero-order chi connectivity index (χ0) is 26.5. The van der Waals surface area contributed by atoms with Crippen LogP contribution < -0.4 is 32.0 Å². The standard InChI is InChI=1S/C27H29F2N5O3/c28-23-11-16(26(32)33)12-24(29)25(23)37-22-10-17(27(35)34-19-5-3-18(31)4-6-19)9-21(13-22)36-20-7-1-15(14-30)2-8-20/h1-2,7-13,18-19H,3-6,14,30-31H2,(H3,32,33)(H,34,35). The van der Waals surface area contributed by atoms with Crippen LogP contribution >= 0.6 is 0 Å². The maximum atomic E-state index is 14.6. The van der Waals surface area contributed by atoms with Gasteiger partial charge in [-0.1, -0.05) is 12.1 Å². The van der Waals surface area contributed by atoms with Crippen LogP contribution in [0.2, 0.25) is 0 Å². The lowest BCUT2D eigenvalue weighted by Gasteiger charge is -2.26. The lowest BCUT2D eigenvalue weighted by atomic mass is 9.91. The van der Waals surface area contributed by atoms with Gasteiger partial charge in [-0.15, -0.1) is 0 Å². The first-order valence-electron chi connectivity index (χ1n) is 11.9. The molecule has 0 atom stereocenters. The van der Waals surface area contributed by atoms with Gasteiger partial charge in [0.25, 0.3) is 5.91 Å². The monoisotopic (exact) mass is 509 g/mol. The van der Waals surface area contributed by atoms with Gasteiger partial charge in [0.1, 0.15) is 23.1 Å². The summed E-state index contributed by atoms with van der Waals surface area (Å²) in [4.78, 5) is 13.1. The van der Waals surface area contributed by atoms with E-state index < -0.39 is 23.2 Å². The van der Waals surface area contributed by atoms with Gasteiger partial charge in [0.2, 0.25) is 0 Å². The van der Waals surface area contributed by atoms with Crippen molar-refractivity contribution in [3.8, 4) is 23.0 Å². The number of carbonyl (C=O) groups excluding carboxylic acids is 1. The van der Waals surface area contributed by atoms with Crippen LogP contribution in [-0.4, -0.2) is 23.8 Å². The van der Waals surface area contributed by atoms with Crippen molar-refractivity contribution < 1.29 is 23.0 Å². The van der Waals surface area contributed by atoms with Gasteiger partial charge in [-0.05, 0) is 67.6 Å². The number of amidine groups is 1. The van der Waals surface area contributed by atoms with Crippen molar-refractivity contribution in [3.63, 3.8) is 0 Å². The predicted molar refractivity (Wildman–Crippen MR) is 136 cm³/mol. The largest absolute Gasteiger partial charge is 0.457 e. The Bertz CT molecular complexity index is 1270. The molecule has 1 aliphatic rings. The van der Waals surface area contributed by atoms with E-state index in [4.69, 9.17) is 32.1 Å². The molecule has 37 heavy (non-hydrogen) atoms. The van der Waals surface area contributed by atoms with E-state index in [2.05, 4.69) is 5.32 Å². The number of nitrogens with two attached hydrogens (primary N) is 3. The molecule has 8 N–H and O–H groups in total. The summed E-state index contributed by atoms with van der Waals surface area (Å²) in [6, 6.07) is 13.3. The molecule has 3 aromatic rings. The van der Waals surface area contributed by atoms with Gasteiger partial charge in [0, 0.05) is 35.8 Å². The lowest BCUT2D eigenvalue weighted by molar-refractivity contribution is 0.0925. The summed E-state index contributed by atoms with van der Waals surface area (Å²) < 4.78 is 40.7. The number of hydrogen-bond donors (Lipinski definition) is 5. The first-order valence-corrected chi connectivity index (χ1v) is 11.9. The highest BCUT2D eigenvalue weighted by Crippen LogP contribution is 2.33. The van der Waals surface area contributed by atoms with Gasteiger partial charge in [-0.25, -0.2) is 8.78 Å². The number of rotatable bonds is 8. The number of nitrogens with one attached hydrogen (secondary N) is 2. The third-order valence-electron chi connectivity index (χ3n) is 6.17. The van der Waals surface area contributed by atoms with E-state index in [9.17, 15) is 13.6 Å². The molecule has 1 fully saturated rings. The van der Waals surface area contributed by atoms with E-state index in [1.165, 1.54) is 18.2 Å². The topological polar surface area (TPSA) is 149 Å². The summed E-state index contributed by atoms with van der Waals surface area (Å²) in [5.41, 5.74) is 17.9. The van der Waals surface area contributed by atoms with E-state index >= 15 is 0 Å². The minimum absolute atomic E-state index is 0.0136. The number of hydrogen-bond acceptors (Lipinski definition) is 6. The first-order chi connectivity index (χ1) is 17.7. The molecule has 0 aromatic heterocycles. The van der Waals surface area contributed by atoms with Gasteiger partial charge in [-0.2, -0.15) is 0 Å². The molecular formula is C27H29F2N5O3. The molecule has 0 spiro atoms. The van der Waals surface area contributed by atoms with Crippen molar-refractivity contribution in [1.29, 1.82) is 5.41 Å². The molecular weight excluding hydrogens is 480 g/mol. The fourth-order valence-electron chi connectivity index (χ4n) is 4.11. The third-order valence-corrected chi connectivity index (χ3v) is 6.17. The molecule has 0 bridgehead atoms. The normalized spacial score (nSPS) is 17.2. The quantitative estimate of drug-likeness (QED) is 0.226. The highest BCUT2D eigenvalue weighted by molar-refractivity contribution is 5.95. The smallest absolute Gasteiger partial charge is 0.251 e. The van der Waals surface area contributed by atoms with Crippen molar-refractivity contribution in [2.24, 2.45) is 17.2 Å². The molecule has 3 aromatic carbocycles. The summed E-state index contributed by atoms with van der Waals surface area (Å²) in [5.74, 6) is -2.94. The summed E-state index contributed by atoms with van der Waals surface area (Å²) >= 11 is 0. The van der Waals surface area contributed by atoms with Crippen LogP contribution in [0.15, 0.2) is 54.6 Å². The van der Waals surface area contributed by atoms with Crippen LogP contribution in [0.4, 0.5) is 8.78 Å². The molecule has 4 rings (SSSR count). The van der Waals surface area contributed by atoms with Crippen LogP contribution in [0.1, 0.15) is 47.2 Å². The van der Waals surface area contributed by atoms with Crippen molar-refractivity contribution in [2.75, 3.05) is 0 Å². The molecule has 10 heteroatoms. The zero-order valence-electron chi connectivity index (χ0n) is 20.1. The molecule has 1 saturated carbocycles. The number of amides is 1. The molecule has 8 nitrogen and oxygen atoms in total. The maximum absolute atomic E-state index is 14.6. The molecule has 1 aliphatic carbocycles. The van der Waals surface area contributed by atoms with Gasteiger partial charge in [0.15, 0.2) is 17.4 Å². The van der Waals surface area contributed by atoms with Crippen molar-refractivity contribution >= 4 is 11.7 Å². The summed E-state index contributed by atoms with van der Waals surface area (Å²) in [6.07, 6.45) is 3.16.